The van der Waals surface area contributed by atoms with Gasteiger partial charge in [-0.05, 0) is 72.5 Å². The van der Waals surface area contributed by atoms with Gasteiger partial charge in [0.2, 0.25) is 0 Å². The highest BCUT2D eigenvalue weighted by Crippen LogP contribution is 2.65. The molecule has 5 rings (SSSR count). The molecule has 0 aliphatic heterocycles. The molecule has 1 saturated carbocycles. The number of hydrogen-bond acceptors (Lipinski definition) is 4. The van der Waals surface area contributed by atoms with Crippen molar-refractivity contribution in [3.05, 3.63) is 120 Å². The Hall–Kier alpha value is -3.66. The summed E-state index contributed by atoms with van der Waals surface area (Å²) in [5, 5.41) is 0. The third-order valence-electron chi connectivity index (χ3n) is 9.67. The Balaban J connectivity index is 1.32. The minimum atomic E-state index is 0.222. The second kappa shape index (κ2) is 18.5. The van der Waals surface area contributed by atoms with Gasteiger partial charge in [-0.1, -0.05) is 114 Å². The number of unbranched alkanes of at least 4 members (excludes halogenated alkanes) is 10. The van der Waals surface area contributed by atoms with Gasteiger partial charge in [0.15, 0.2) is 0 Å². The zero-order valence-corrected chi connectivity index (χ0v) is 28.2. The van der Waals surface area contributed by atoms with Crippen molar-refractivity contribution >= 4 is 0 Å². The molecule has 4 nitrogen and oxygen atoms in total. The standard InChI is InChI=1S/C42H54N2O2/c1-3-5-7-9-11-17-31-45-35-25-21-33(22-26-35)39-40(34-23-27-36(28-24-34)46-32-18-12-10-8-6-4-2)42(38-20-14-16-30-44-38)41(39)37-19-13-15-29-43-37/h13-16,19-30,39-42H,3-12,17-18,31-32H2,1-2H3/t39-,40+,41+,42-. The van der Waals surface area contributed by atoms with Crippen LogP contribution in [0.1, 0.15) is 137 Å². The molecule has 4 aromatic rings. The minimum Gasteiger partial charge on any atom is -0.494 e. The Morgan fingerprint density at radius 3 is 1.20 bits per heavy atom. The molecule has 2 aromatic heterocycles. The summed E-state index contributed by atoms with van der Waals surface area (Å²) < 4.78 is 12.3. The van der Waals surface area contributed by atoms with Crippen LogP contribution < -0.4 is 9.47 Å². The zero-order valence-electron chi connectivity index (χ0n) is 28.2. The van der Waals surface area contributed by atoms with Crippen LogP contribution in [0.15, 0.2) is 97.3 Å². The fourth-order valence-corrected chi connectivity index (χ4v) is 7.18. The van der Waals surface area contributed by atoms with E-state index in [-0.39, 0.29) is 23.7 Å². The van der Waals surface area contributed by atoms with Crippen LogP contribution in [0.3, 0.4) is 0 Å². The smallest absolute Gasteiger partial charge is 0.119 e. The summed E-state index contributed by atoms with van der Waals surface area (Å²) >= 11 is 0. The van der Waals surface area contributed by atoms with Crippen molar-refractivity contribution < 1.29 is 9.47 Å². The van der Waals surface area contributed by atoms with Crippen molar-refractivity contribution in [3.63, 3.8) is 0 Å². The van der Waals surface area contributed by atoms with Gasteiger partial charge in [0.1, 0.15) is 11.5 Å². The summed E-state index contributed by atoms with van der Waals surface area (Å²) in [4.78, 5) is 9.76. The van der Waals surface area contributed by atoms with Crippen LogP contribution in [0.2, 0.25) is 0 Å². The van der Waals surface area contributed by atoms with E-state index in [0.29, 0.717) is 0 Å². The van der Waals surface area contributed by atoms with Crippen LogP contribution in [0, 0.1) is 0 Å². The third kappa shape index (κ3) is 9.21. The fraction of sp³-hybridized carbons (Fsp3) is 0.476. The molecule has 2 heterocycles. The van der Waals surface area contributed by atoms with Crippen LogP contribution in [0.4, 0.5) is 0 Å². The average molecular weight is 619 g/mol. The maximum atomic E-state index is 6.15. The molecule has 0 spiro atoms. The molecule has 0 saturated heterocycles. The summed E-state index contributed by atoms with van der Waals surface area (Å²) in [6.07, 6.45) is 19.1. The van der Waals surface area contributed by atoms with Crippen LogP contribution in [-0.4, -0.2) is 23.2 Å². The Morgan fingerprint density at radius 2 is 0.826 bits per heavy atom. The number of rotatable bonds is 20. The summed E-state index contributed by atoms with van der Waals surface area (Å²) in [5.41, 5.74) is 4.90. The molecule has 4 heteroatoms. The lowest BCUT2D eigenvalue weighted by molar-refractivity contribution is 0.219. The highest BCUT2D eigenvalue weighted by molar-refractivity contribution is 5.47. The maximum Gasteiger partial charge on any atom is 0.119 e. The third-order valence-corrected chi connectivity index (χ3v) is 9.67. The van der Waals surface area contributed by atoms with E-state index in [2.05, 4.69) is 86.6 Å². The number of nitrogens with zero attached hydrogens (tertiary/aromatic N) is 2. The van der Waals surface area contributed by atoms with E-state index in [4.69, 9.17) is 19.4 Å². The maximum absolute atomic E-state index is 6.15. The van der Waals surface area contributed by atoms with Gasteiger partial charge in [0.25, 0.3) is 0 Å². The quantitative estimate of drug-likeness (QED) is 0.0924. The summed E-state index contributed by atoms with van der Waals surface area (Å²) in [7, 11) is 0. The summed E-state index contributed by atoms with van der Waals surface area (Å²) in [6, 6.07) is 30.3. The normalized spacial score (nSPS) is 19.0. The molecule has 0 N–H and O–H groups in total. The van der Waals surface area contributed by atoms with Gasteiger partial charge < -0.3 is 9.47 Å². The lowest BCUT2D eigenvalue weighted by Gasteiger charge is -2.52. The van der Waals surface area contributed by atoms with Crippen molar-refractivity contribution in [2.75, 3.05) is 13.2 Å². The number of hydrogen-bond donors (Lipinski definition) is 0. The van der Waals surface area contributed by atoms with Gasteiger partial charge in [-0.3, -0.25) is 9.97 Å². The molecule has 0 unspecified atom stereocenters. The molecule has 46 heavy (non-hydrogen) atoms. The first-order valence-electron chi connectivity index (χ1n) is 18.1. The second-order valence-corrected chi connectivity index (χ2v) is 13.0. The van der Waals surface area contributed by atoms with Gasteiger partial charge in [-0.15, -0.1) is 0 Å². The minimum absolute atomic E-state index is 0.222. The lowest BCUT2D eigenvalue weighted by Crippen LogP contribution is -2.40. The van der Waals surface area contributed by atoms with Crippen molar-refractivity contribution in [2.24, 2.45) is 0 Å². The van der Waals surface area contributed by atoms with Gasteiger partial charge in [0, 0.05) is 47.5 Å². The topological polar surface area (TPSA) is 44.2 Å². The van der Waals surface area contributed by atoms with E-state index in [0.717, 1.165) is 48.9 Å². The molecule has 1 aliphatic carbocycles. The molecule has 4 atom stereocenters. The van der Waals surface area contributed by atoms with Crippen LogP contribution >= 0.6 is 0 Å². The Bertz CT molecular complexity index is 1270. The first-order chi connectivity index (χ1) is 22.8. The van der Waals surface area contributed by atoms with Crippen LogP contribution in [-0.2, 0) is 0 Å². The number of benzene rings is 2. The molecule has 0 bridgehead atoms. The number of pyridine rings is 2. The highest BCUT2D eigenvalue weighted by Gasteiger charge is 2.54. The van der Waals surface area contributed by atoms with Crippen LogP contribution in [0.5, 0.6) is 11.5 Å². The number of aromatic nitrogens is 2. The molecule has 1 aliphatic rings. The van der Waals surface area contributed by atoms with Crippen molar-refractivity contribution in [3.8, 4) is 11.5 Å². The Kier molecular flexibility index (Phi) is 13.5. The van der Waals surface area contributed by atoms with Crippen molar-refractivity contribution in [1.82, 2.24) is 9.97 Å². The summed E-state index contributed by atoms with van der Waals surface area (Å²) in [6.45, 7) is 6.09. The molecular formula is C42H54N2O2. The van der Waals surface area contributed by atoms with E-state index >= 15 is 0 Å². The SMILES string of the molecule is CCCCCCCCOc1ccc([C@@H]2[C@H](c3ccc(OCCCCCCCC)cc3)[C@@H](c3ccccn3)[C@H]2c2ccccn2)cc1. The van der Waals surface area contributed by atoms with Crippen molar-refractivity contribution in [1.29, 1.82) is 0 Å². The Labute approximate surface area is 278 Å². The molecule has 244 valence electrons. The van der Waals surface area contributed by atoms with E-state index in [1.807, 2.05) is 24.5 Å². The van der Waals surface area contributed by atoms with Crippen LogP contribution in [0.25, 0.3) is 0 Å². The molecule has 1 fully saturated rings. The number of ether oxygens (including phenoxy) is 2. The molecule has 2 aromatic carbocycles. The van der Waals surface area contributed by atoms with Crippen molar-refractivity contribution in [2.45, 2.75) is 115 Å². The highest BCUT2D eigenvalue weighted by atomic mass is 16.5. The van der Waals surface area contributed by atoms with E-state index < -0.39 is 0 Å². The fourth-order valence-electron chi connectivity index (χ4n) is 7.18. The lowest BCUT2D eigenvalue weighted by atomic mass is 9.50. The van der Waals surface area contributed by atoms with E-state index in [9.17, 15) is 0 Å². The summed E-state index contributed by atoms with van der Waals surface area (Å²) in [5.74, 6) is 2.89. The van der Waals surface area contributed by atoms with Gasteiger partial charge in [-0.25, -0.2) is 0 Å². The van der Waals surface area contributed by atoms with E-state index in [1.165, 1.54) is 75.3 Å². The average Bonchev–Trinajstić information content (AvgIpc) is 3.09. The predicted octanol–water partition coefficient (Wildman–Crippen LogP) is 11.4. The molecular weight excluding hydrogens is 564 g/mol. The van der Waals surface area contributed by atoms with E-state index in [1.54, 1.807) is 0 Å². The van der Waals surface area contributed by atoms with Gasteiger partial charge in [0.05, 0.1) is 13.2 Å². The first-order valence-corrected chi connectivity index (χ1v) is 18.1. The van der Waals surface area contributed by atoms with Gasteiger partial charge in [-0.2, -0.15) is 0 Å². The molecule has 0 radical (unpaired) electrons. The monoisotopic (exact) mass is 618 g/mol. The van der Waals surface area contributed by atoms with Gasteiger partial charge >= 0.3 is 0 Å². The first kappa shape index (κ1) is 33.7. The predicted molar refractivity (Wildman–Crippen MR) is 190 cm³/mol. The second-order valence-electron chi connectivity index (χ2n) is 13.0. The largest absolute Gasteiger partial charge is 0.494 e. The Morgan fingerprint density at radius 1 is 0.435 bits per heavy atom. The molecule has 0 amide bonds. The zero-order chi connectivity index (χ0) is 31.8.